The zero-order valence-electron chi connectivity index (χ0n) is 13.0. The topological polar surface area (TPSA) is 103 Å². The highest BCUT2D eigenvalue weighted by Crippen LogP contribution is 2.25. The van der Waals surface area contributed by atoms with Gasteiger partial charge in [-0.1, -0.05) is 0 Å². The summed E-state index contributed by atoms with van der Waals surface area (Å²) in [6, 6.07) is 0. The lowest BCUT2D eigenvalue weighted by Gasteiger charge is -2.36. The van der Waals surface area contributed by atoms with Gasteiger partial charge in [0.2, 0.25) is 17.8 Å². The fourth-order valence-electron chi connectivity index (χ4n) is 2.40. The molecule has 0 amide bonds. The molecule has 0 radical (unpaired) electrons. The summed E-state index contributed by atoms with van der Waals surface area (Å²) in [4.78, 5) is 17.3. The van der Waals surface area contributed by atoms with Crippen LogP contribution in [0.5, 0.6) is 0 Å². The van der Waals surface area contributed by atoms with E-state index in [1.54, 1.807) is 0 Å². The van der Waals surface area contributed by atoms with E-state index < -0.39 is 5.60 Å². The van der Waals surface area contributed by atoms with Gasteiger partial charge in [0.1, 0.15) is 0 Å². The lowest BCUT2D eigenvalue weighted by atomic mass is 9.94. The largest absolute Gasteiger partial charge is 0.390 e. The first-order valence-corrected chi connectivity index (χ1v) is 7.44. The van der Waals surface area contributed by atoms with Gasteiger partial charge in [0.05, 0.1) is 5.60 Å². The quantitative estimate of drug-likeness (QED) is 0.528. The molecule has 2 heterocycles. The molecule has 1 fully saturated rings. The second kappa shape index (κ2) is 6.40. The van der Waals surface area contributed by atoms with Crippen molar-refractivity contribution in [2.24, 2.45) is 5.84 Å². The summed E-state index contributed by atoms with van der Waals surface area (Å²) in [5.74, 6) is 7.05. The van der Waals surface area contributed by atoms with Crippen LogP contribution in [0.15, 0.2) is 0 Å². The number of nitrogens with zero attached hydrogens (tertiary/aromatic N) is 5. The minimum atomic E-state index is -0.597. The maximum atomic E-state index is 10.0. The van der Waals surface area contributed by atoms with E-state index in [-0.39, 0.29) is 0 Å². The summed E-state index contributed by atoms with van der Waals surface area (Å²) in [5.41, 5.74) is 1.90. The third-order valence-electron chi connectivity index (χ3n) is 3.91. The van der Waals surface area contributed by atoms with E-state index in [4.69, 9.17) is 5.84 Å². The number of hydrazine groups is 1. The van der Waals surface area contributed by atoms with Crippen LogP contribution in [0.4, 0.5) is 17.8 Å². The molecule has 8 heteroatoms. The molecule has 4 N–H and O–H groups in total. The highest BCUT2D eigenvalue weighted by Gasteiger charge is 2.29. The van der Waals surface area contributed by atoms with Crippen LogP contribution in [0.3, 0.4) is 0 Å². The van der Waals surface area contributed by atoms with E-state index in [0.717, 1.165) is 26.2 Å². The molecule has 0 aliphatic carbocycles. The minimum Gasteiger partial charge on any atom is -0.390 e. The third kappa shape index (κ3) is 3.70. The van der Waals surface area contributed by atoms with E-state index in [1.807, 2.05) is 11.8 Å². The van der Waals surface area contributed by atoms with Gasteiger partial charge < -0.3 is 14.9 Å². The van der Waals surface area contributed by atoms with Crippen molar-refractivity contribution in [3.8, 4) is 0 Å². The molecule has 21 heavy (non-hydrogen) atoms. The minimum absolute atomic E-state index is 0.360. The summed E-state index contributed by atoms with van der Waals surface area (Å²) in [6.07, 6.45) is 1.40. The molecule has 0 bridgehead atoms. The molecule has 1 aromatic heterocycles. The van der Waals surface area contributed by atoms with Gasteiger partial charge in [-0.2, -0.15) is 15.0 Å². The van der Waals surface area contributed by atoms with E-state index in [2.05, 4.69) is 39.1 Å². The lowest BCUT2D eigenvalue weighted by molar-refractivity contribution is 0.0349. The second-order valence-corrected chi connectivity index (χ2v) is 5.56. The van der Waals surface area contributed by atoms with Crippen LogP contribution in [-0.4, -0.2) is 51.8 Å². The Labute approximate surface area is 125 Å². The van der Waals surface area contributed by atoms with Gasteiger partial charge in [-0.25, -0.2) is 5.84 Å². The molecular formula is C13H25N7O. The Morgan fingerprint density at radius 1 is 1.24 bits per heavy atom. The van der Waals surface area contributed by atoms with E-state index >= 15 is 0 Å². The van der Waals surface area contributed by atoms with Crippen molar-refractivity contribution < 1.29 is 5.11 Å². The Morgan fingerprint density at radius 2 is 1.86 bits per heavy atom. The molecule has 1 aliphatic rings. The predicted octanol–water partition coefficient (Wildman–Crippen LogP) is 0.355. The van der Waals surface area contributed by atoms with Gasteiger partial charge in [-0.15, -0.1) is 0 Å². The maximum Gasteiger partial charge on any atom is 0.243 e. The fourth-order valence-corrected chi connectivity index (χ4v) is 2.40. The summed E-state index contributed by atoms with van der Waals surface area (Å²) >= 11 is 0. The highest BCUT2D eigenvalue weighted by molar-refractivity contribution is 5.45. The zero-order valence-corrected chi connectivity index (χ0v) is 13.0. The van der Waals surface area contributed by atoms with E-state index in [0.29, 0.717) is 30.7 Å². The molecule has 1 aromatic rings. The molecule has 0 unspecified atom stereocenters. The molecule has 118 valence electrons. The summed E-state index contributed by atoms with van der Waals surface area (Å²) < 4.78 is 0. The first kappa shape index (κ1) is 15.7. The van der Waals surface area contributed by atoms with E-state index in [1.165, 1.54) is 0 Å². The smallest absolute Gasteiger partial charge is 0.243 e. The first-order valence-electron chi connectivity index (χ1n) is 7.44. The number of rotatable bonds is 5. The first-order chi connectivity index (χ1) is 9.99. The number of piperidine rings is 1. The van der Waals surface area contributed by atoms with Crippen molar-refractivity contribution in [1.29, 1.82) is 0 Å². The van der Waals surface area contributed by atoms with Gasteiger partial charge in [-0.3, -0.25) is 5.43 Å². The Morgan fingerprint density at radius 3 is 2.38 bits per heavy atom. The van der Waals surface area contributed by atoms with Crippen LogP contribution in [0.1, 0.15) is 33.6 Å². The summed E-state index contributed by atoms with van der Waals surface area (Å²) in [6.45, 7) is 9.06. The van der Waals surface area contributed by atoms with Crippen LogP contribution >= 0.6 is 0 Å². The molecule has 0 spiro atoms. The van der Waals surface area contributed by atoms with Gasteiger partial charge >= 0.3 is 0 Å². The molecule has 1 saturated heterocycles. The molecular weight excluding hydrogens is 270 g/mol. The van der Waals surface area contributed by atoms with Crippen LogP contribution in [0.2, 0.25) is 0 Å². The highest BCUT2D eigenvalue weighted by atomic mass is 16.3. The van der Waals surface area contributed by atoms with Gasteiger partial charge in [-0.05, 0) is 33.6 Å². The number of anilines is 3. The number of aliphatic hydroxyl groups is 1. The van der Waals surface area contributed by atoms with Gasteiger partial charge in [0.15, 0.2) is 0 Å². The third-order valence-corrected chi connectivity index (χ3v) is 3.91. The Bertz CT molecular complexity index is 466. The number of nitrogen functional groups attached to an aromatic ring is 1. The average Bonchev–Trinajstić information content (AvgIpc) is 2.48. The Balaban J connectivity index is 2.25. The van der Waals surface area contributed by atoms with Crippen molar-refractivity contribution in [3.05, 3.63) is 0 Å². The molecule has 0 saturated carbocycles. The van der Waals surface area contributed by atoms with Crippen LogP contribution in [0, 0.1) is 0 Å². The summed E-state index contributed by atoms with van der Waals surface area (Å²) in [5, 5.41) is 10.0. The van der Waals surface area contributed by atoms with Crippen molar-refractivity contribution in [1.82, 2.24) is 15.0 Å². The maximum absolute atomic E-state index is 10.0. The Hall–Kier alpha value is -1.67. The molecule has 2 rings (SSSR count). The van der Waals surface area contributed by atoms with Crippen molar-refractivity contribution in [3.63, 3.8) is 0 Å². The number of hydrogen-bond donors (Lipinski definition) is 3. The predicted molar refractivity (Wildman–Crippen MR) is 83.3 cm³/mol. The van der Waals surface area contributed by atoms with Crippen molar-refractivity contribution in [2.75, 3.05) is 41.4 Å². The molecule has 8 nitrogen and oxygen atoms in total. The fraction of sp³-hybridized carbons (Fsp3) is 0.769. The Kier molecular flexibility index (Phi) is 4.79. The van der Waals surface area contributed by atoms with Gasteiger partial charge in [0.25, 0.3) is 0 Å². The lowest BCUT2D eigenvalue weighted by Crippen LogP contribution is -2.43. The van der Waals surface area contributed by atoms with E-state index in [9.17, 15) is 5.11 Å². The zero-order chi connectivity index (χ0) is 15.5. The molecule has 0 aromatic carbocycles. The second-order valence-electron chi connectivity index (χ2n) is 5.56. The number of nitrogens with two attached hydrogens (primary N) is 1. The van der Waals surface area contributed by atoms with Crippen molar-refractivity contribution >= 4 is 17.8 Å². The van der Waals surface area contributed by atoms with Crippen LogP contribution in [-0.2, 0) is 0 Å². The van der Waals surface area contributed by atoms with Crippen LogP contribution < -0.4 is 21.1 Å². The standard InChI is InChI=1S/C13H25N7O/c1-4-19(5-2)11-15-10(18-14)16-12(17-11)20-8-6-13(3,21)7-9-20/h21H,4-9,14H2,1-3H3,(H,15,16,17,18). The monoisotopic (exact) mass is 295 g/mol. The number of hydrogen-bond acceptors (Lipinski definition) is 8. The van der Waals surface area contributed by atoms with Gasteiger partial charge in [0, 0.05) is 26.2 Å². The SMILES string of the molecule is CCN(CC)c1nc(NN)nc(N2CCC(C)(O)CC2)n1. The van der Waals surface area contributed by atoms with Crippen molar-refractivity contribution in [2.45, 2.75) is 39.2 Å². The average molecular weight is 295 g/mol. The molecule has 1 aliphatic heterocycles. The summed E-state index contributed by atoms with van der Waals surface area (Å²) in [7, 11) is 0. The van der Waals surface area contributed by atoms with Crippen LogP contribution in [0.25, 0.3) is 0 Å². The number of aromatic nitrogens is 3. The molecule has 0 atom stereocenters. The normalized spacial score (nSPS) is 17.7. The number of nitrogens with one attached hydrogen (secondary N) is 1.